The molecule has 0 unspecified atom stereocenters. The molecule has 0 N–H and O–H groups in total. The first kappa shape index (κ1) is 23.6. The lowest BCUT2D eigenvalue weighted by molar-refractivity contribution is 0.00578. The molecular weight excluding hydrogens is 398 g/mol. The van der Waals surface area contributed by atoms with Gasteiger partial charge in [-0.1, -0.05) is 66.8 Å². The molecule has 2 aliphatic heterocycles. The maximum absolute atomic E-state index is 6.62. The van der Waals surface area contributed by atoms with E-state index in [9.17, 15) is 0 Å². The zero-order valence-electron chi connectivity index (χ0n) is 20.7. The van der Waals surface area contributed by atoms with Gasteiger partial charge in [0.25, 0.3) is 0 Å². The minimum Gasteiger partial charge on any atom is -0.403 e. The lowest BCUT2D eigenvalue weighted by Gasteiger charge is -2.38. The second kappa shape index (κ2) is 7.73. The lowest BCUT2D eigenvalue weighted by Crippen LogP contribution is -2.43. The van der Waals surface area contributed by atoms with E-state index in [0.29, 0.717) is 0 Å². The van der Waals surface area contributed by atoms with E-state index in [1.807, 2.05) is 18.2 Å². The molecule has 6 heteroatoms. The molecule has 2 atom stereocenters. The average molecular weight is 434 g/mol. The number of benzene rings is 1. The van der Waals surface area contributed by atoms with Crippen molar-refractivity contribution >= 4 is 20.3 Å². The summed E-state index contributed by atoms with van der Waals surface area (Å²) in [6.07, 6.45) is 12.8. The Morgan fingerprint density at radius 2 is 1.25 bits per heavy atom. The fourth-order valence-electron chi connectivity index (χ4n) is 4.38. The topological polar surface area (TPSA) is 36.9 Å². The molecule has 4 nitrogen and oxygen atoms in total. The molecule has 1 aliphatic carbocycles. The predicted octanol–water partition coefficient (Wildman–Crippen LogP) is 6.12. The summed E-state index contributed by atoms with van der Waals surface area (Å²) >= 11 is 0. The van der Waals surface area contributed by atoms with Crippen molar-refractivity contribution in [3.63, 3.8) is 0 Å². The molecule has 0 amide bonds. The standard InChI is InChI=1S/C26H36B2O4/c1-22(2)23(3,4)30-27(29-22)21-16-12-13-18-26(21,19-17-20-14-10-9-11-15-20)28-31-24(5,6)25(7,8)32-28/h9-19,21H,1-8H3/b19-17-/t21-,26+/m0/s1. The highest BCUT2D eigenvalue weighted by Gasteiger charge is 2.65. The summed E-state index contributed by atoms with van der Waals surface area (Å²) in [5, 5.41) is -0.600. The maximum Gasteiger partial charge on any atom is 0.472 e. The van der Waals surface area contributed by atoms with E-state index in [1.165, 1.54) is 0 Å². The van der Waals surface area contributed by atoms with Gasteiger partial charge in [0.2, 0.25) is 0 Å². The highest BCUT2D eigenvalue weighted by Crippen LogP contribution is 2.58. The fraction of sp³-hybridized carbons (Fsp3) is 0.538. The summed E-state index contributed by atoms with van der Waals surface area (Å²) in [5.74, 6) is -0.122. The van der Waals surface area contributed by atoms with E-state index < -0.39 is 42.0 Å². The lowest BCUT2D eigenvalue weighted by atomic mass is 9.41. The first-order valence-electron chi connectivity index (χ1n) is 11.6. The Morgan fingerprint density at radius 1 is 0.719 bits per heavy atom. The summed E-state index contributed by atoms with van der Waals surface area (Å²) < 4.78 is 26.3. The number of rotatable bonds is 4. The quantitative estimate of drug-likeness (QED) is 0.535. The molecule has 170 valence electrons. The smallest absolute Gasteiger partial charge is 0.403 e. The highest BCUT2D eigenvalue weighted by atomic mass is 16.7. The average Bonchev–Trinajstić information content (AvgIpc) is 3.07. The van der Waals surface area contributed by atoms with Crippen molar-refractivity contribution in [1.29, 1.82) is 0 Å². The Hall–Kier alpha value is -1.59. The fourth-order valence-corrected chi connectivity index (χ4v) is 4.38. The van der Waals surface area contributed by atoms with Crippen LogP contribution >= 0.6 is 0 Å². The van der Waals surface area contributed by atoms with Gasteiger partial charge in [-0.2, -0.15) is 0 Å². The van der Waals surface area contributed by atoms with Crippen LogP contribution < -0.4 is 0 Å². The van der Waals surface area contributed by atoms with Crippen LogP contribution in [0.25, 0.3) is 6.08 Å². The summed E-state index contributed by atoms with van der Waals surface area (Å²) in [5.41, 5.74) is -0.602. The van der Waals surface area contributed by atoms with Crippen LogP contribution in [0.3, 0.4) is 0 Å². The van der Waals surface area contributed by atoms with E-state index in [-0.39, 0.29) is 5.82 Å². The van der Waals surface area contributed by atoms with Crippen LogP contribution in [0.4, 0.5) is 0 Å². The number of allylic oxidation sites excluding steroid dienone is 5. The molecule has 0 radical (unpaired) electrons. The third kappa shape index (κ3) is 3.85. The first-order valence-corrected chi connectivity index (χ1v) is 11.6. The Morgan fingerprint density at radius 3 is 1.81 bits per heavy atom. The van der Waals surface area contributed by atoms with Gasteiger partial charge in [-0.3, -0.25) is 0 Å². The van der Waals surface area contributed by atoms with E-state index in [2.05, 4.69) is 104 Å². The van der Waals surface area contributed by atoms with Gasteiger partial charge in [0, 0.05) is 11.1 Å². The van der Waals surface area contributed by atoms with E-state index in [1.54, 1.807) is 0 Å². The summed E-state index contributed by atoms with van der Waals surface area (Å²) in [6, 6.07) is 10.3. The molecule has 3 aliphatic rings. The Kier molecular flexibility index (Phi) is 5.69. The van der Waals surface area contributed by atoms with Crippen LogP contribution in [0.15, 0.2) is 60.7 Å². The van der Waals surface area contributed by atoms with Gasteiger partial charge in [0.15, 0.2) is 0 Å². The van der Waals surface area contributed by atoms with Crippen molar-refractivity contribution in [1.82, 2.24) is 0 Å². The molecule has 1 aromatic rings. The second-order valence-corrected chi connectivity index (χ2v) is 11.2. The van der Waals surface area contributed by atoms with Gasteiger partial charge in [0.05, 0.1) is 22.4 Å². The van der Waals surface area contributed by atoms with Gasteiger partial charge in [-0.05, 0) is 61.0 Å². The van der Waals surface area contributed by atoms with Gasteiger partial charge < -0.3 is 18.6 Å². The summed E-state index contributed by atoms with van der Waals surface area (Å²) in [4.78, 5) is 0. The Labute approximate surface area is 194 Å². The predicted molar refractivity (Wildman–Crippen MR) is 132 cm³/mol. The van der Waals surface area contributed by atoms with Crippen molar-refractivity contribution in [3.8, 4) is 0 Å². The first-order chi connectivity index (χ1) is 14.8. The normalized spacial score (nSPS) is 32.2. The molecule has 0 spiro atoms. The minimum atomic E-state index is -0.600. The molecule has 2 fully saturated rings. The molecule has 0 saturated carbocycles. The maximum atomic E-state index is 6.62. The number of hydrogen-bond acceptors (Lipinski definition) is 4. The van der Waals surface area contributed by atoms with Gasteiger partial charge in [0.1, 0.15) is 0 Å². The van der Waals surface area contributed by atoms with Gasteiger partial charge in [-0.25, -0.2) is 0 Å². The number of hydrogen-bond donors (Lipinski definition) is 0. The third-order valence-corrected chi connectivity index (χ3v) is 7.98. The van der Waals surface area contributed by atoms with Crippen molar-refractivity contribution in [2.75, 3.05) is 0 Å². The van der Waals surface area contributed by atoms with Crippen LogP contribution in [0.1, 0.15) is 61.0 Å². The molecular formula is C26H36B2O4. The zero-order valence-corrected chi connectivity index (χ0v) is 20.7. The third-order valence-electron chi connectivity index (χ3n) is 7.98. The Bertz CT molecular complexity index is 900. The van der Waals surface area contributed by atoms with Crippen LogP contribution in [0.2, 0.25) is 11.1 Å². The van der Waals surface area contributed by atoms with Crippen LogP contribution in [0.5, 0.6) is 0 Å². The van der Waals surface area contributed by atoms with Gasteiger partial charge in [-0.15, -0.1) is 0 Å². The van der Waals surface area contributed by atoms with Crippen LogP contribution in [-0.4, -0.2) is 36.6 Å². The summed E-state index contributed by atoms with van der Waals surface area (Å²) in [7, 11) is -0.918. The molecule has 0 aromatic heterocycles. The molecule has 4 rings (SSSR count). The largest absolute Gasteiger partial charge is 0.472 e. The monoisotopic (exact) mass is 434 g/mol. The second-order valence-electron chi connectivity index (χ2n) is 11.2. The molecule has 2 saturated heterocycles. The minimum absolute atomic E-state index is 0.122. The van der Waals surface area contributed by atoms with E-state index in [0.717, 1.165) is 5.56 Å². The van der Waals surface area contributed by atoms with Crippen molar-refractivity contribution in [2.24, 2.45) is 0 Å². The van der Waals surface area contributed by atoms with Crippen molar-refractivity contribution in [3.05, 3.63) is 66.3 Å². The highest BCUT2D eigenvalue weighted by molar-refractivity contribution is 6.58. The summed E-state index contributed by atoms with van der Waals surface area (Å²) in [6.45, 7) is 16.7. The van der Waals surface area contributed by atoms with Crippen LogP contribution in [0, 0.1) is 0 Å². The zero-order chi connectivity index (χ0) is 23.4. The van der Waals surface area contributed by atoms with E-state index >= 15 is 0 Å². The van der Waals surface area contributed by atoms with E-state index in [4.69, 9.17) is 18.6 Å². The Balaban J connectivity index is 1.78. The van der Waals surface area contributed by atoms with Crippen molar-refractivity contribution < 1.29 is 18.6 Å². The molecule has 32 heavy (non-hydrogen) atoms. The molecule has 2 heterocycles. The SMILES string of the molecule is CC1(C)OB([C@H]2C=CC=C[C@]2(/C=C\c2ccccc2)B2OC(C)(C)C(C)(C)O2)OC1(C)C. The molecule has 1 aromatic carbocycles. The van der Waals surface area contributed by atoms with Gasteiger partial charge >= 0.3 is 14.2 Å². The van der Waals surface area contributed by atoms with Crippen molar-refractivity contribution in [2.45, 2.75) is 88.9 Å². The van der Waals surface area contributed by atoms with Crippen LogP contribution in [-0.2, 0) is 18.6 Å². The molecule has 0 bridgehead atoms.